The summed E-state index contributed by atoms with van der Waals surface area (Å²) in [5.74, 6) is 0.207. The van der Waals surface area contributed by atoms with E-state index >= 15 is 0 Å². The Morgan fingerprint density at radius 1 is 0.700 bits per heavy atom. The first kappa shape index (κ1) is 18.9. The van der Waals surface area contributed by atoms with E-state index < -0.39 is 5.97 Å². The van der Waals surface area contributed by atoms with Gasteiger partial charge in [-0.3, -0.25) is 0 Å². The first-order valence-electron chi connectivity index (χ1n) is 8.97. The lowest BCUT2D eigenvalue weighted by atomic mass is 10.1. The van der Waals surface area contributed by atoms with Gasteiger partial charge < -0.3 is 21.3 Å². The monoisotopic (exact) mass is 399 g/mol. The molecular formula is C22H17N5O3. The maximum atomic E-state index is 11.0. The van der Waals surface area contributed by atoms with Crippen LogP contribution >= 0.6 is 0 Å². The summed E-state index contributed by atoms with van der Waals surface area (Å²) in [4.78, 5) is 24.4. The van der Waals surface area contributed by atoms with Crippen LogP contribution in [0.4, 0.5) is 11.4 Å². The fourth-order valence-electron chi connectivity index (χ4n) is 2.70. The second-order valence-electron chi connectivity index (χ2n) is 6.44. The van der Waals surface area contributed by atoms with Gasteiger partial charge in [-0.25, -0.2) is 9.78 Å². The fraction of sp³-hybridized carbons (Fsp3) is 0. The minimum absolute atomic E-state index is 0.0757. The van der Waals surface area contributed by atoms with E-state index in [-0.39, 0.29) is 11.6 Å². The maximum absolute atomic E-state index is 11.0. The van der Waals surface area contributed by atoms with Crippen molar-refractivity contribution in [3.05, 3.63) is 78.4 Å². The summed E-state index contributed by atoms with van der Waals surface area (Å²) < 4.78 is 5.78. The van der Waals surface area contributed by atoms with Crippen molar-refractivity contribution >= 4 is 17.3 Å². The van der Waals surface area contributed by atoms with Crippen molar-refractivity contribution < 1.29 is 14.6 Å². The van der Waals surface area contributed by atoms with Gasteiger partial charge in [0.05, 0.1) is 5.56 Å². The van der Waals surface area contributed by atoms with E-state index in [0.29, 0.717) is 28.8 Å². The zero-order chi connectivity index (χ0) is 21.1. The number of nitrogens with zero attached hydrogens (tertiary/aromatic N) is 3. The van der Waals surface area contributed by atoms with Crippen LogP contribution in [0.15, 0.2) is 72.8 Å². The van der Waals surface area contributed by atoms with Crippen LogP contribution in [0.5, 0.6) is 11.8 Å². The molecule has 1 heterocycles. The highest BCUT2D eigenvalue weighted by Gasteiger charge is 2.13. The Balaban J connectivity index is 1.75. The fourth-order valence-corrected chi connectivity index (χ4v) is 2.70. The van der Waals surface area contributed by atoms with Gasteiger partial charge in [0.25, 0.3) is 0 Å². The first-order chi connectivity index (χ1) is 14.5. The van der Waals surface area contributed by atoms with Crippen molar-refractivity contribution in [3.63, 3.8) is 0 Å². The number of hydrogen-bond acceptors (Lipinski definition) is 7. The van der Waals surface area contributed by atoms with Gasteiger partial charge in [-0.1, -0.05) is 0 Å². The molecule has 4 aromatic rings. The number of aromatic carboxylic acids is 1. The summed E-state index contributed by atoms with van der Waals surface area (Å²) in [7, 11) is 0. The number of carbonyl (C=O) groups is 1. The van der Waals surface area contributed by atoms with E-state index in [1.807, 2.05) is 24.3 Å². The highest BCUT2D eigenvalue weighted by Crippen LogP contribution is 2.26. The van der Waals surface area contributed by atoms with Crippen LogP contribution < -0.4 is 16.2 Å². The Morgan fingerprint density at radius 2 is 1.17 bits per heavy atom. The molecule has 30 heavy (non-hydrogen) atoms. The van der Waals surface area contributed by atoms with Crippen molar-refractivity contribution in [2.24, 2.45) is 0 Å². The number of rotatable bonds is 5. The summed E-state index contributed by atoms with van der Waals surface area (Å²) in [5.41, 5.74) is 14.4. The lowest BCUT2D eigenvalue weighted by Crippen LogP contribution is -2.01. The molecule has 4 rings (SSSR count). The van der Waals surface area contributed by atoms with Crippen LogP contribution in [0.25, 0.3) is 22.8 Å². The summed E-state index contributed by atoms with van der Waals surface area (Å²) in [6, 6.07) is 20.3. The molecule has 1 aromatic heterocycles. The molecule has 0 atom stereocenters. The van der Waals surface area contributed by atoms with Crippen LogP contribution in [0, 0.1) is 0 Å². The standard InChI is InChI=1S/C22H17N5O3/c23-16-7-1-13(2-8-16)19-25-20(14-3-9-17(24)10-4-14)27-22(26-19)30-18-11-5-15(6-12-18)21(28)29/h1-12H,23-24H2,(H,28,29). The number of nitrogens with two attached hydrogens (primary N) is 2. The Kier molecular flexibility index (Phi) is 4.96. The first-order valence-corrected chi connectivity index (χ1v) is 8.97. The van der Waals surface area contributed by atoms with Gasteiger partial charge in [0.2, 0.25) is 0 Å². The van der Waals surface area contributed by atoms with Gasteiger partial charge in [0, 0.05) is 22.5 Å². The molecule has 0 aliphatic heterocycles. The molecule has 0 bridgehead atoms. The number of anilines is 2. The van der Waals surface area contributed by atoms with Crippen molar-refractivity contribution in [3.8, 4) is 34.5 Å². The quantitative estimate of drug-likeness (QED) is 0.430. The number of carboxylic acids is 1. The number of carboxylic acid groups (broad SMARTS) is 1. The third-order valence-corrected chi connectivity index (χ3v) is 4.26. The molecule has 0 radical (unpaired) electrons. The molecule has 8 nitrogen and oxygen atoms in total. The molecule has 0 amide bonds. The number of aromatic nitrogens is 3. The Bertz CT molecular complexity index is 1130. The van der Waals surface area contributed by atoms with Gasteiger partial charge in [-0.15, -0.1) is 0 Å². The average Bonchev–Trinajstić information content (AvgIpc) is 2.75. The summed E-state index contributed by atoms with van der Waals surface area (Å²) in [6.07, 6.45) is 0. The predicted molar refractivity (Wildman–Crippen MR) is 113 cm³/mol. The van der Waals surface area contributed by atoms with Crippen LogP contribution in [0.3, 0.4) is 0 Å². The molecule has 0 aliphatic carbocycles. The average molecular weight is 399 g/mol. The molecule has 5 N–H and O–H groups in total. The highest BCUT2D eigenvalue weighted by molar-refractivity contribution is 5.87. The second-order valence-corrected chi connectivity index (χ2v) is 6.44. The molecule has 0 aliphatic rings. The largest absolute Gasteiger partial charge is 0.478 e. The molecule has 148 valence electrons. The molecule has 0 saturated heterocycles. The summed E-state index contributed by atoms with van der Waals surface area (Å²) in [5, 5.41) is 9.04. The molecule has 0 saturated carbocycles. The minimum Gasteiger partial charge on any atom is -0.478 e. The van der Waals surface area contributed by atoms with Crippen molar-refractivity contribution in [2.75, 3.05) is 11.5 Å². The van der Waals surface area contributed by atoms with E-state index in [9.17, 15) is 4.79 Å². The number of hydrogen-bond donors (Lipinski definition) is 3. The Hall–Kier alpha value is -4.46. The van der Waals surface area contributed by atoms with E-state index in [4.69, 9.17) is 21.3 Å². The molecule has 0 spiro atoms. The number of ether oxygens (including phenoxy) is 1. The third kappa shape index (κ3) is 4.17. The minimum atomic E-state index is -1.02. The zero-order valence-electron chi connectivity index (χ0n) is 15.7. The molecule has 0 fully saturated rings. The van der Waals surface area contributed by atoms with E-state index in [2.05, 4.69) is 15.0 Å². The van der Waals surface area contributed by atoms with Crippen LogP contribution in [0.2, 0.25) is 0 Å². The van der Waals surface area contributed by atoms with Gasteiger partial charge in [0.1, 0.15) is 5.75 Å². The smallest absolute Gasteiger partial charge is 0.335 e. The van der Waals surface area contributed by atoms with Crippen molar-refractivity contribution in [1.82, 2.24) is 15.0 Å². The van der Waals surface area contributed by atoms with E-state index in [1.54, 1.807) is 36.4 Å². The normalized spacial score (nSPS) is 10.5. The molecular weight excluding hydrogens is 382 g/mol. The Labute approximate surface area is 171 Å². The van der Waals surface area contributed by atoms with E-state index in [1.165, 1.54) is 12.1 Å². The highest BCUT2D eigenvalue weighted by atomic mass is 16.5. The van der Waals surface area contributed by atoms with Gasteiger partial charge in [0.15, 0.2) is 11.6 Å². The van der Waals surface area contributed by atoms with E-state index in [0.717, 1.165) is 11.1 Å². The topological polar surface area (TPSA) is 137 Å². The van der Waals surface area contributed by atoms with Crippen LogP contribution in [-0.2, 0) is 0 Å². The zero-order valence-corrected chi connectivity index (χ0v) is 15.7. The van der Waals surface area contributed by atoms with Gasteiger partial charge in [-0.2, -0.15) is 9.97 Å². The number of benzene rings is 3. The van der Waals surface area contributed by atoms with Gasteiger partial charge in [-0.05, 0) is 72.8 Å². The molecule has 3 aromatic carbocycles. The van der Waals surface area contributed by atoms with Crippen molar-refractivity contribution in [2.45, 2.75) is 0 Å². The lowest BCUT2D eigenvalue weighted by molar-refractivity contribution is 0.0697. The van der Waals surface area contributed by atoms with Crippen LogP contribution in [0.1, 0.15) is 10.4 Å². The number of nitrogen functional groups attached to an aromatic ring is 2. The van der Waals surface area contributed by atoms with Crippen LogP contribution in [-0.4, -0.2) is 26.0 Å². The van der Waals surface area contributed by atoms with Crippen molar-refractivity contribution in [1.29, 1.82) is 0 Å². The SMILES string of the molecule is Nc1ccc(-c2nc(Oc3ccc(C(=O)O)cc3)nc(-c3ccc(N)cc3)n2)cc1. The third-order valence-electron chi connectivity index (χ3n) is 4.26. The Morgan fingerprint density at radius 3 is 1.60 bits per heavy atom. The summed E-state index contributed by atoms with van der Waals surface area (Å²) in [6.45, 7) is 0. The van der Waals surface area contributed by atoms with Gasteiger partial charge >= 0.3 is 12.0 Å². The maximum Gasteiger partial charge on any atom is 0.335 e. The molecule has 8 heteroatoms. The predicted octanol–water partition coefficient (Wildman–Crippen LogP) is 3.86. The molecule has 0 unspecified atom stereocenters. The lowest BCUT2D eigenvalue weighted by Gasteiger charge is -2.09. The summed E-state index contributed by atoms with van der Waals surface area (Å²) >= 11 is 0. The second kappa shape index (κ2) is 7.88.